The van der Waals surface area contributed by atoms with Gasteiger partial charge in [0, 0.05) is 19.3 Å². The summed E-state index contributed by atoms with van der Waals surface area (Å²) in [5.41, 5.74) is 0. The monoisotopic (exact) mass is 911 g/mol. The molecule has 0 aliphatic carbocycles. The lowest BCUT2D eigenvalue weighted by molar-refractivity contribution is -0.167. The largest absolute Gasteiger partial charge is 0.462 e. The summed E-state index contributed by atoms with van der Waals surface area (Å²) in [7, 11) is 0. The number of carbonyl (C=O) groups is 3. The molecule has 378 valence electrons. The van der Waals surface area contributed by atoms with E-state index in [4.69, 9.17) is 14.2 Å². The zero-order valence-electron chi connectivity index (χ0n) is 43.3. The first-order chi connectivity index (χ1) is 32.0. The van der Waals surface area contributed by atoms with Crippen LogP contribution in [0.15, 0.2) is 48.6 Å². The molecule has 0 aromatic carbocycles. The van der Waals surface area contributed by atoms with Gasteiger partial charge in [-0.2, -0.15) is 0 Å². The van der Waals surface area contributed by atoms with E-state index in [9.17, 15) is 14.4 Å². The number of esters is 3. The van der Waals surface area contributed by atoms with E-state index in [0.717, 1.165) is 89.9 Å². The van der Waals surface area contributed by atoms with Gasteiger partial charge < -0.3 is 14.2 Å². The summed E-state index contributed by atoms with van der Waals surface area (Å²) in [6.07, 6.45) is 65.4. The maximum atomic E-state index is 12.8. The third kappa shape index (κ3) is 52.2. The molecule has 0 bridgehead atoms. The Hall–Kier alpha value is -2.63. The summed E-state index contributed by atoms with van der Waals surface area (Å²) in [5.74, 6) is -0.886. The topological polar surface area (TPSA) is 78.9 Å². The zero-order valence-corrected chi connectivity index (χ0v) is 43.3. The first-order valence-electron chi connectivity index (χ1n) is 28.1. The van der Waals surface area contributed by atoms with E-state index < -0.39 is 6.10 Å². The molecule has 0 radical (unpaired) electrons. The molecule has 1 atom stereocenters. The van der Waals surface area contributed by atoms with Gasteiger partial charge in [0.15, 0.2) is 6.10 Å². The molecular weight excluding hydrogens is 805 g/mol. The predicted octanol–water partition coefficient (Wildman–Crippen LogP) is 18.7. The summed E-state index contributed by atoms with van der Waals surface area (Å²) in [6.45, 7) is 6.59. The van der Waals surface area contributed by atoms with Crippen molar-refractivity contribution in [2.24, 2.45) is 0 Å². The fourth-order valence-electron chi connectivity index (χ4n) is 8.03. The van der Waals surface area contributed by atoms with Crippen LogP contribution in [0, 0.1) is 0 Å². The van der Waals surface area contributed by atoms with Gasteiger partial charge in [-0.3, -0.25) is 14.4 Å². The Bertz CT molecular complexity index is 1140. The number of hydrogen-bond donors (Lipinski definition) is 0. The smallest absolute Gasteiger partial charge is 0.306 e. The summed E-state index contributed by atoms with van der Waals surface area (Å²) in [5, 5.41) is 0. The van der Waals surface area contributed by atoms with Gasteiger partial charge in [0.05, 0.1) is 0 Å². The minimum atomic E-state index is -0.777. The number of allylic oxidation sites excluding steroid dienone is 8. The first-order valence-corrected chi connectivity index (χ1v) is 28.1. The fraction of sp³-hybridized carbons (Fsp3) is 0.814. The van der Waals surface area contributed by atoms with E-state index in [1.54, 1.807) is 0 Å². The molecule has 0 aromatic heterocycles. The number of rotatable bonds is 51. The molecule has 0 amide bonds. The summed E-state index contributed by atoms with van der Waals surface area (Å²) in [6, 6.07) is 0. The van der Waals surface area contributed by atoms with Crippen molar-refractivity contribution >= 4 is 17.9 Å². The molecule has 0 aliphatic rings. The van der Waals surface area contributed by atoms with Crippen molar-refractivity contribution in [2.45, 2.75) is 297 Å². The molecule has 0 saturated heterocycles. The molecule has 0 aliphatic heterocycles. The highest BCUT2D eigenvalue weighted by Crippen LogP contribution is 2.15. The Labute approximate surface area is 403 Å². The van der Waals surface area contributed by atoms with Crippen molar-refractivity contribution in [3.8, 4) is 0 Å². The van der Waals surface area contributed by atoms with Crippen LogP contribution >= 0.6 is 0 Å². The van der Waals surface area contributed by atoms with Crippen LogP contribution in [0.3, 0.4) is 0 Å². The van der Waals surface area contributed by atoms with Crippen molar-refractivity contribution < 1.29 is 28.6 Å². The van der Waals surface area contributed by atoms with Crippen LogP contribution in [0.25, 0.3) is 0 Å². The Morgan fingerprint density at radius 3 is 0.877 bits per heavy atom. The average Bonchev–Trinajstić information content (AvgIpc) is 3.30. The molecule has 0 saturated carbocycles. The maximum absolute atomic E-state index is 12.8. The third-order valence-electron chi connectivity index (χ3n) is 12.3. The molecule has 0 spiro atoms. The first kappa shape index (κ1) is 62.4. The van der Waals surface area contributed by atoms with E-state index in [1.165, 1.54) is 161 Å². The highest BCUT2D eigenvalue weighted by molar-refractivity contribution is 5.71. The Morgan fingerprint density at radius 2 is 0.554 bits per heavy atom. The summed E-state index contributed by atoms with van der Waals surface area (Å²) >= 11 is 0. The van der Waals surface area contributed by atoms with E-state index in [0.29, 0.717) is 19.3 Å². The van der Waals surface area contributed by atoms with Gasteiger partial charge in [-0.1, -0.05) is 236 Å². The lowest BCUT2D eigenvalue weighted by Crippen LogP contribution is -2.30. The van der Waals surface area contributed by atoms with Gasteiger partial charge >= 0.3 is 17.9 Å². The van der Waals surface area contributed by atoms with Crippen molar-refractivity contribution in [2.75, 3.05) is 13.2 Å². The van der Waals surface area contributed by atoms with Crippen molar-refractivity contribution in [3.63, 3.8) is 0 Å². The van der Waals surface area contributed by atoms with E-state index in [-0.39, 0.29) is 31.1 Å². The number of ether oxygens (including phenoxy) is 3. The van der Waals surface area contributed by atoms with E-state index >= 15 is 0 Å². The normalized spacial score (nSPS) is 12.4. The van der Waals surface area contributed by atoms with E-state index in [1.807, 2.05) is 0 Å². The van der Waals surface area contributed by atoms with E-state index in [2.05, 4.69) is 69.4 Å². The van der Waals surface area contributed by atoms with Crippen LogP contribution in [-0.2, 0) is 28.6 Å². The number of unbranched alkanes of at least 4 members (excludes halogenated alkanes) is 32. The maximum Gasteiger partial charge on any atom is 0.306 e. The molecule has 0 N–H and O–H groups in total. The van der Waals surface area contributed by atoms with Crippen LogP contribution in [0.2, 0.25) is 0 Å². The van der Waals surface area contributed by atoms with Gasteiger partial charge in [0.2, 0.25) is 0 Å². The Morgan fingerprint density at radius 1 is 0.308 bits per heavy atom. The second-order valence-corrected chi connectivity index (χ2v) is 18.8. The lowest BCUT2D eigenvalue weighted by atomic mass is 10.0. The second-order valence-electron chi connectivity index (χ2n) is 18.8. The summed E-state index contributed by atoms with van der Waals surface area (Å²) < 4.78 is 16.8. The lowest BCUT2D eigenvalue weighted by Gasteiger charge is -2.18. The van der Waals surface area contributed by atoms with Gasteiger partial charge in [0.1, 0.15) is 13.2 Å². The Balaban J connectivity index is 4.24. The zero-order chi connectivity index (χ0) is 47.2. The molecule has 6 nitrogen and oxygen atoms in total. The molecule has 0 fully saturated rings. The summed E-state index contributed by atoms with van der Waals surface area (Å²) in [4.78, 5) is 38.0. The quantitative estimate of drug-likeness (QED) is 0.0262. The predicted molar refractivity (Wildman–Crippen MR) is 279 cm³/mol. The minimum absolute atomic E-state index is 0.0771. The SMILES string of the molecule is CCCCC/C=C\C/C=C\CCCCCCCC(=O)OC(COC(=O)CCCCCCCCCCC)COC(=O)CCCCCCCCCCCCC/C=C\C/C=C\CCCCCCC. The molecule has 65 heavy (non-hydrogen) atoms. The van der Waals surface area contributed by atoms with Crippen LogP contribution in [0.1, 0.15) is 290 Å². The third-order valence-corrected chi connectivity index (χ3v) is 12.3. The molecule has 0 aromatic rings. The molecule has 6 heteroatoms. The molecule has 0 rings (SSSR count). The van der Waals surface area contributed by atoms with Gasteiger partial charge in [0.25, 0.3) is 0 Å². The minimum Gasteiger partial charge on any atom is -0.462 e. The average molecular weight is 911 g/mol. The van der Waals surface area contributed by atoms with Crippen LogP contribution in [-0.4, -0.2) is 37.2 Å². The number of carbonyl (C=O) groups excluding carboxylic acids is 3. The van der Waals surface area contributed by atoms with Gasteiger partial charge in [-0.15, -0.1) is 0 Å². The molecule has 1 unspecified atom stereocenters. The van der Waals surface area contributed by atoms with Crippen LogP contribution in [0.4, 0.5) is 0 Å². The Kier molecular flexibility index (Phi) is 51.8. The fourth-order valence-corrected chi connectivity index (χ4v) is 8.03. The van der Waals surface area contributed by atoms with Crippen LogP contribution < -0.4 is 0 Å². The van der Waals surface area contributed by atoms with Crippen molar-refractivity contribution in [1.82, 2.24) is 0 Å². The molecule has 0 heterocycles. The van der Waals surface area contributed by atoms with Crippen molar-refractivity contribution in [1.29, 1.82) is 0 Å². The highest BCUT2D eigenvalue weighted by atomic mass is 16.6. The van der Waals surface area contributed by atoms with Crippen molar-refractivity contribution in [3.05, 3.63) is 48.6 Å². The highest BCUT2D eigenvalue weighted by Gasteiger charge is 2.19. The standard InChI is InChI=1S/C59H106O6/c1-4-7-10-13-16-19-21-23-25-26-27-28-29-30-31-32-34-35-37-40-43-46-49-52-58(61)64-55-56(54-63-57(60)51-48-45-42-39-18-15-12-9-6-3)65-59(62)53-50-47-44-41-38-36-33-24-22-20-17-14-11-8-5-2/h17,20-21,23-24,26-27,33,56H,4-16,18-19,22,25,28-32,34-55H2,1-3H3/b20-17-,23-21-,27-26-,33-24-. The number of hydrogen-bond acceptors (Lipinski definition) is 6. The van der Waals surface area contributed by atoms with Gasteiger partial charge in [-0.05, 0) is 83.5 Å². The van der Waals surface area contributed by atoms with Gasteiger partial charge in [-0.25, -0.2) is 0 Å². The second kappa shape index (κ2) is 54.0. The molecular formula is C59H106O6. The van der Waals surface area contributed by atoms with Crippen LogP contribution in [0.5, 0.6) is 0 Å².